The molecule has 2 aliphatic heterocycles. The van der Waals surface area contributed by atoms with Crippen LogP contribution in [0.4, 0.5) is 4.79 Å². The number of nitrogens with zero attached hydrogens (tertiary/aromatic N) is 1. The second-order valence-corrected chi connectivity index (χ2v) is 4.27. The molecule has 0 aromatic heterocycles. The molecule has 102 valence electrons. The van der Waals surface area contributed by atoms with E-state index in [4.69, 9.17) is 20.3 Å². The van der Waals surface area contributed by atoms with Crippen molar-refractivity contribution in [3.05, 3.63) is 12.3 Å². The van der Waals surface area contributed by atoms with Gasteiger partial charge in [-0.15, -0.1) is 0 Å². The van der Waals surface area contributed by atoms with Crippen LogP contribution in [-0.2, 0) is 9.47 Å². The van der Waals surface area contributed by atoms with E-state index >= 15 is 0 Å². The molecule has 1 fully saturated rings. The van der Waals surface area contributed by atoms with Gasteiger partial charge in [-0.25, -0.2) is 4.79 Å². The van der Waals surface area contributed by atoms with Crippen LogP contribution in [0, 0.1) is 0 Å². The number of rotatable bonds is 3. The van der Waals surface area contributed by atoms with Crippen LogP contribution in [0.5, 0.6) is 0 Å². The van der Waals surface area contributed by atoms with Gasteiger partial charge in [-0.1, -0.05) is 0 Å². The summed E-state index contributed by atoms with van der Waals surface area (Å²) in [5, 5.41) is 21.0. The zero-order chi connectivity index (χ0) is 13.3. The van der Waals surface area contributed by atoms with Crippen molar-refractivity contribution in [2.45, 2.75) is 30.7 Å². The van der Waals surface area contributed by atoms with Crippen LogP contribution in [-0.4, -0.2) is 59.1 Å². The second-order valence-electron chi connectivity index (χ2n) is 4.27. The number of hydrogen-bond donors (Lipinski definition) is 4. The van der Waals surface area contributed by atoms with E-state index < -0.39 is 30.3 Å². The number of nitrogens with two attached hydrogens (primary N) is 1. The number of ether oxygens (including phenoxy) is 2. The average Bonchev–Trinajstić information content (AvgIpc) is 2.70. The molecule has 2 aliphatic rings. The maximum absolute atomic E-state index is 11.8. The van der Waals surface area contributed by atoms with Gasteiger partial charge in [-0.3, -0.25) is 16.0 Å². The van der Waals surface area contributed by atoms with Crippen molar-refractivity contribution < 1.29 is 24.5 Å². The molecule has 0 spiro atoms. The van der Waals surface area contributed by atoms with Crippen molar-refractivity contribution in [2.24, 2.45) is 5.73 Å². The SMILES string of the molecule is COC1(N)C=CN([C@H]2C[C@H](O)[C@@H](CO)O2)C(=O)N1. The van der Waals surface area contributed by atoms with Gasteiger partial charge < -0.3 is 19.7 Å². The first kappa shape index (κ1) is 13.2. The van der Waals surface area contributed by atoms with E-state index in [1.54, 1.807) is 0 Å². The van der Waals surface area contributed by atoms with E-state index in [1.807, 2.05) is 0 Å². The fourth-order valence-electron chi connectivity index (χ4n) is 1.93. The fourth-order valence-corrected chi connectivity index (χ4v) is 1.93. The van der Waals surface area contributed by atoms with E-state index in [1.165, 1.54) is 24.3 Å². The third-order valence-corrected chi connectivity index (χ3v) is 3.05. The molecule has 8 nitrogen and oxygen atoms in total. The topological polar surface area (TPSA) is 117 Å². The molecule has 5 N–H and O–H groups in total. The van der Waals surface area contributed by atoms with E-state index in [9.17, 15) is 9.90 Å². The Hall–Kier alpha value is -1.19. The lowest BCUT2D eigenvalue weighted by Crippen LogP contribution is -2.62. The van der Waals surface area contributed by atoms with Gasteiger partial charge in [0.1, 0.15) is 12.3 Å². The summed E-state index contributed by atoms with van der Waals surface area (Å²) in [5.74, 6) is -1.33. The third-order valence-electron chi connectivity index (χ3n) is 3.05. The lowest BCUT2D eigenvalue weighted by atomic mass is 10.2. The molecule has 0 aliphatic carbocycles. The van der Waals surface area contributed by atoms with Gasteiger partial charge in [-0.05, 0) is 0 Å². The minimum absolute atomic E-state index is 0.230. The Morgan fingerprint density at radius 2 is 2.50 bits per heavy atom. The first-order chi connectivity index (χ1) is 8.49. The predicted molar refractivity (Wildman–Crippen MR) is 59.8 cm³/mol. The number of carbonyl (C=O) groups excluding carboxylic acids is 1. The second kappa shape index (κ2) is 4.82. The highest BCUT2D eigenvalue weighted by molar-refractivity contribution is 5.77. The maximum atomic E-state index is 11.8. The van der Waals surface area contributed by atoms with Crippen LogP contribution in [0.15, 0.2) is 12.3 Å². The van der Waals surface area contributed by atoms with Crippen molar-refractivity contribution in [1.82, 2.24) is 10.2 Å². The Bertz CT molecular complexity index is 363. The van der Waals surface area contributed by atoms with Crippen LogP contribution >= 0.6 is 0 Å². The van der Waals surface area contributed by atoms with Gasteiger partial charge in [0.25, 0.3) is 0 Å². The minimum atomic E-state index is -1.33. The molecular formula is C10H17N3O5. The normalized spacial score (nSPS) is 40.1. The summed E-state index contributed by atoms with van der Waals surface area (Å²) in [6.07, 6.45) is 1.04. The highest BCUT2D eigenvalue weighted by atomic mass is 16.5. The van der Waals surface area contributed by atoms with Gasteiger partial charge >= 0.3 is 6.03 Å². The lowest BCUT2D eigenvalue weighted by molar-refractivity contribution is -0.0612. The fraction of sp³-hybridized carbons (Fsp3) is 0.700. The van der Waals surface area contributed by atoms with Gasteiger partial charge in [0, 0.05) is 25.8 Å². The molecule has 4 atom stereocenters. The number of carbonyl (C=O) groups is 1. The molecular weight excluding hydrogens is 242 g/mol. The van der Waals surface area contributed by atoms with E-state index in [0.29, 0.717) is 0 Å². The lowest BCUT2D eigenvalue weighted by Gasteiger charge is -2.35. The summed E-state index contributed by atoms with van der Waals surface area (Å²) in [6.45, 7) is -0.296. The summed E-state index contributed by atoms with van der Waals surface area (Å²) < 4.78 is 10.3. The molecule has 2 amide bonds. The molecule has 0 bridgehead atoms. The molecule has 1 unspecified atom stereocenters. The van der Waals surface area contributed by atoms with Crippen molar-refractivity contribution in [1.29, 1.82) is 0 Å². The smallest absolute Gasteiger partial charge is 0.327 e. The largest absolute Gasteiger partial charge is 0.394 e. The molecule has 2 heterocycles. The number of aliphatic hydroxyl groups is 2. The number of methoxy groups -OCH3 is 1. The van der Waals surface area contributed by atoms with Crippen molar-refractivity contribution in [3.63, 3.8) is 0 Å². The number of nitrogens with one attached hydrogen (secondary N) is 1. The predicted octanol–water partition coefficient (Wildman–Crippen LogP) is -1.75. The number of hydrogen-bond acceptors (Lipinski definition) is 6. The zero-order valence-corrected chi connectivity index (χ0v) is 9.94. The van der Waals surface area contributed by atoms with Gasteiger partial charge in [0.15, 0.2) is 0 Å². The quantitative estimate of drug-likeness (QED) is 0.447. The molecule has 0 aromatic rings. The minimum Gasteiger partial charge on any atom is -0.394 e. The standard InChI is InChI=1S/C10H17N3O5/c1-17-10(11)2-3-13(9(16)12-10)8-4-6(15)7(5-14)18-8/h2-3,6-8,14-15H,4-5,11H2,1H3,(H,12,16)/t6-,7+,8+,10?/m0/s1. The first-order valence-corrected chi connectivity index (χ1v) is 5.57. The summed E-state index contributed by atoms with van der Waals surface area (Å²) in [7, 11) is 1.37. The number of amides is 2. The Morgan fingerprint density at radius 3 is 3.00 bits per heavy atom. The maximum Gasteiger partial charge on any atom is 0.327 e. The summed E-state index contributed by atoms with van der Waals surface area (Å²) >= 11 is 0. The van der Waals surface area contributed by atoms with Crippen molar-refractivity contribution in [2.75, 3.05) is 13.7 Å². The Morgan fingerprint density at radius 1 is 1.78 bits per heavy atom. The van der Waals surface area contributed by atoms with E-state index in [0.717, 1.165) is 0 Å². The molecule has 2 rings (SSSR count). The monoisotopic (exact) mass is 259 g/mol. The Kier molecular flexibility index (Phi) is 3.55. The average molecular weight is 259 g/mol. The molecule has 8 heteroatoms. The molecule has 18 heavy (non-hydrogen) atoms. The first-order valence-electron chi connectivity index (χ1n) is 5.57. The Balaban J connectivity index is 2.07. The zero-order valence-electron chi connectivity index (χ0n) is 9.94. The Labute approximate surface area is 104 Å². The van der Waals surface area contributed by atoms with Crippen molar-refractivity contribution in [3.8, 4) is 0 Å². The van der Waals surface area contributed by atoms with Gasteiger partial charge in [-0.2, -0.15) is 0 Å². The van der Waals surface area contributed by atoms with Crippen LogP contribution in [0.25, 0.3) is 0 Å². The molecule has 1 saturated heterocycles. The summed E-state index contributed by atoms with van der Waals surface area (Å²) in [6, 6.07) is -0.488. The highest BCUT2D eigenvalue weighted by Crippen LogP contribution is 2.25. The van der Waals surface area contributed by atoms with Crippen LogP contribution in [0.3, 0.4) is 0 Å². The van der Waals surface area contributed by atoms with Gasteiger partial charge in [0.05, 0.1) is 12.7 Å². The van der Waals surface area contributed by atoms with Crippen LogP contribution in [0.1, 0.15) is 6.42 Å². The molecule has 0 aromatic carbocycles. The van der Waals surface area contributed by atoms with Crippen molar-refractivity contribution >= 4 is 6.03 Å². The summed E-state index contributed by atoms with van der Waals surface area (Å²) in [5.41, 5.74) is 5.69. The summed E-state index contributed by atoms with van der Waals surface area (Å²) in [4.78, 5) is 13.1. The molecule has 0 radical (unpaired) electrons. The molecule has 0 saturated carbocycles. The van der Waals surface area contributed by atoms with E-state index in [2.05, 4.69) is 5.32 Å². The third kappa shape index (κ3) is 2.33. The van der Waals surface area contributed by atoms with Crippen LogP contribution < -0.4 is 11.1 Å². The van der Waals surface area contributed by atoms with Crippen LogP contribution in [0.2, 0.25) is 0 Å². The van der Waals surface area contributed by atoms with E-state index in [-0.39, 0.29) is 13.0 Å². The number of aliphatic hydroxyl groups excluding tert-OH is 2. The number of urea groups is 1. The highest BCUT2D eigenvalue weighted by Gasteiger charge is 2.41. The van der Waals surface area contributed by atoms with Gasteiger partial charge in [0.2, 0.25) is 5.85 Å².